The van der Waals surface area contributed by atoms with Crippen LogP contribution in [-0.2, 0) is 16.1 Å². The first-order valence-corrected chi connectivity index (χ1v) is 13.3. The van der Waals surface area contributed by atoms with Gasteiger partial charge in [-0.05, 0) is 31.6 Å². The van der Waals surface area contributed by atoms with Gasteiger partial charge in [-0.2, -0.15) is 4.21 Å². The minimum Gasteiger partial charge on any atom is -0.393 e. The van der Waals surface area contributed by atoms with Gasteiger partial charge in [0.15, 0.2) is 0 Å². The van der Waals surface area contributed by atoms with Gasteiger partial charge in [0.05, 0.1) is 6.04 Å². The van der Waals surface area contributed by atoms with E-state index in [4.69, 9.17) is 0 Å². The average Bonchev–Trinajstić information content (AvgIpc) is 3.13. The van der Waals surface area contributed by atoms with E-state index in [0.29, 0.717) is 12.2 Å². The number of allylic oxidation sites excluding steroid dienone is 3. The highest BCUT2D eigenvalue weighted by Crippen LogP contribution is 2.24. The average molecular weight is 461 g/mol. The number of hydrogen-bond donors (Lipinski definition) is 4. The molecule has 9 heteroatoms. The molecule has 0 aromatic carbocycles. The molecule has 4 N–H and O–H groups in total. The van der Waals surface area contributed by atoms with Crippen LogP contribution in [0.1, 0.15) is 49.8 Å². The number of nitrogens with zero attached hydrogens (tertiary/aromatic N) is 3. The molecule has 0 saturated carbocycles. The Morgan fingerprint density at radius 3 is 2.66 bits per heavy atom. The lowest BCUT2D eigenvalue weighted by molar-refractivity contribution is 0.517. The Balaban J connectivity index is 2.33. The van der Waals surface area contributed by atoms with Gasteiger partial charge < -0.3 is 15.2 Å². The van der Waals surface area contributed by atoms with Crippen molar-refractivity contribution in [3.8, 4) is 0 Å². The van der Waals surface area contributed by atoms with E-state index in [1.54, 1.807) is 12.3 Å². The first kappa shape index (κ1) is 25.5. The van der Waals surface area contributed by atoms with Gasteiger partial charge in [-0.15, -0.1) is 9.53 Å². The Hall–Kier alpha value is -2.75. The predicted octanol–water partition coefficient (Wildman–Crippen LogP) is 3.40. The van der Waals surface area contributed by atoms with Gasteiger partial charge >= 0.3 is 0 Å². The van der Waals surface area contributed by atoms with E-state index in [-0.39, 0.29) is 12.0 Å². The van der Waals surface area contributed by atoms with Crippen LogP contribution in [0.3, 0.4) is 0 Å². The summed E-state index contributed by atoms with van der Waals surface area (Å²) in [5, 5.41) is 6.52. The van der Waals surface area contributed by atoms with Crippen LogP contribution in [0, 0.1) is 0 Å². The van der Waals surface area contributed by atoms with Crippen LogP contribution in [0.15, 0.2) is 60.8 Å². The molecule has 0 fully saturated rings. The second-order valence-electron chi connectivity index (χ2n) is 8.26. The van der Waals surface area contributed by atoms with Crippen molar-refractivity contribution in [3.05, 3.63) is 77.9 Å². The van der Waals surface area contributed by atoms with Gasteiger partial charge in [-0.3, -0.25) is 14.3 Å². The van der Waals surface area contributed by atoms with E-state index in [9.17, 15) is 8.76 Å². The molecule has 0 spiro atoms. The lowest BCUT2D eigenvalue weighted by Gasteiger charge is -2.36. The van der Waals surface area contributed by atoms with Crippen molar-refractivity contribution in [3.63, 3.8) is 0 Å². The van der Waals surface area contributed by atoms with Gasteiger partial charge in [-0.25, -0.2) is 4.98 Å². The fourth-order valence-electron chi connectivity index (χ4n) is 3.22. The quantitative estimate of drug-likeness (QED) is 0.383. The summed E-state index contributed by atoms with van der Waals surface area (Å²) >= 11 is 0. The number of pyridine rings is 1. The number of hydrogen-bond acceptors (Lipinski definition) is 5. The molecule has 2 heterocycles. The molecule has 0 bridgehead atoms. The molecular formula is C23H36N6O2S. The summed E-state index contributed by atoms with van der Waals surface area (Å²) < 4.78 is 27.4. The maximum Gasteiger partial charge on any atom is 0.129 e. The maximum absolute atomic E-state index is 12.4. The molecular weight excluding hydrogens is 424 g/mol. The molecule has 0 aliphatic rings. The molecule has 2 atom stereocenters. The highest BCUT2D eigenvalue weighted by molar-refractivity contribution is 8.12. The van der Waals surface area contributed by atoms with Crippen LogP contribution in [0.25, 0.3) is 6.20 Å². The summed E-state index contributed by atoms with van der Waals surface area (Å²) in [5.41, 5.74) is 2.64. The van der Waals surface area contributed by atoms with Gasteiger partial charge in [-0.1, -0.05) is 25.1 Å². The van der Waals surface area contributed by atoms with Crippen molar-refractivity contribution < 1.29 is 8.76 Å². The highest BCUT2D eigenvalue weighted by atomic mass is 32.3. The summed E-state index contributed by atoms with van der Waals surface area (Å²) in [6.07, 6.45) is 17.4. The fraction of sp³-hybridized carbons (Fsp3) is 0.391. The Morgan fingerprint density at radius 1 is 1.31 bits per heavy atom. The summed E-state index contributed by atoms with van der Waals surface area (Å²) in [4.78, 5) is 8.84. The van der Waals surface area contributed by atoms with Crippen molar-refractivity contribution >= 4 is 15.7 Å². The first-order chi connectivity index (χ1) is 15.0. The monoisotopic (exact) mass is 460 g/mol. The molecule has 176 valence electrons. The van der Waals surface area contributed by atoms with Crippen molar-refractivity contribution in [2.24, 2.45) is 0 Å². The summed E-state index contributed by atoms with van der Waals surface area (Å²) in [5.74, 6) is 0.794. The number of nitrogens with one attached hydrogen (secondary N) is 3. The van der Waals surface area contributed by atoms with Crippen LogP contribution in [0.2, 0.25) is 0 Å². The van der Waals surface area contributed by atoms with Crippen LogP contribution in [-0.4, -0.2) is 42.9 Å². The van der Waals surface area contributed by atoms with Crippen LogP contribution < -0.4 is 15.4 Å². The molecule has 0 amide bonds. The summed E-state index contributed by atoms with van der Waals surface area (Å²) in [6, 6.07) is 3.94. The molecule has 2 unspecified atom stereocenters. The van der Waals surface area contributed by atoms with E-state index >= 15 is 0 Å². The van der Waals surface area contributed by atoms with E-state index in [1.165, 1.54) is 12.5 Å². The van der Waals surface area contributed by atoms with Crippen LogP contribution in [0.5, 0.6) is 0 Å². The van der Waals surface area contributed by atoms with Crippen LogP contribution >= 0.6 is 0 Å². The van der Waals surface area contributed by atoms with Crippen LogP contribution in [0.4, 0.5) is 0 Å². The van der Waals surface area contributed by atoms with Gasteiger partial charge in [0, 0.05) is 74.4 Å². The smallest absolute Gasteiger partial charge is 0.129 e. The number of imidazole rings is 1. The molecule has 32 heavy (non-hydrogen) atoms. The summed E-state index contributed by atoms with van der Waals surface area (Å²) in [7, 11) is -2.07. The lowest BCUT2D eigenvalue weighted by Crippen LogP contribution is -2.43. The molecule has 0 saturated heterocycles. The Labute approximate surface area is 191 Å². The Morgan fingerprint density at radius 2 is 2.06 bits per heavy atom. The largest absolute Gasteiger partial charge is 0.393 e. The molecule has 2 aromatic heterocycles. The number of aromatic nitrogens is 3. The van der Waals surface area contributed by atoms with Gasteiger partial charge in [0.2, 0.25) is 0 Å². The van der Waals surface area contributed by atoms with Crippen molar-refractivity contribution in [2.45, 2.75) is 39.3 Å². The molecule has 0 aliphatic carbocycles. The first-order valence-electron chi connectivity index (χ1n) is 10.5. The lowest BCUT2D eigenvalue weighted by atomic mass is 10.1. The Bertz CT molecular complexity index is 1020. The topological polar surface area (TPSA) is 104 Å². The second kappa shape index (κ2) is 10.7. The van der Waals surface area contributed by atoms with Crippen molar-refractivity contribution in [1.29, 1.82) is 0 Å². The summed E-state index contributed by atoms with van der Waals surface area (Å²) in [6.45, 7) is 6.65. The standard InChI is InChI=1S/C23H36N6O2S/c1-7-9-21(28-32(5,6,30)31)14-18(2)22-17-27-23(29(22)13-12-24-4)19(3)26-16-20-10-8-11-25-15-20/h7-15,17-19,24,26H,16H2,1-6H3,(H2,28,30,31)/b9-7-,13-12-,21-14+. The third-order valence-corrected chi connectivity index (χ3v) is 5.44. The van der Waals surface area contributed by atoms with Gasteiger partial charge in [0.25, 0.3) is 0 Å². The molecule has 8 nitrogen and oxygen atoms in total. The Kier molecular flexibility index (Phi) is 8.54. The minimum atomic E-state index is -3.91. The normalized spacial score (nSPS) is 16.1. The predicted molar refractivity (Wildman–Crippen MR) is 133 cm³/mol. The minimum absolute atomic E-state index is 0.0122. The SMILES string of the molecule is C/C=C\C(=C/C(C)c1cnc(C(C)NCc2cccnc2)n1/C=C\NC)NS(C)(C)(=O)O. The third-order valence-electron chi connectivity index (χ3n) is 4.62. The second-order valence-corrected chi connectivity index (χ2v) is 12.0. The number of rotatable bonds is 11. The molecule has 2 rings (SSSR count). The highest BCUT2D eigenvalue weighted by Gasteiger charge is 2.19. The van der Waals surface area contributed by atoms with E-state index in [0.717, 1.165) is 17.1 Å². The zero-order valence-electron chi connectivity index (χ0n) is 19.7. The van der Waals surface area contributed by atoms with Crippen molar-refractivity contribution in [2.75, 3.05) is 19.6 Å². The van der Waals surface area contributed by atoms with E-state index in [1.807, 2.05) is 74.5 Å². The molecule has 0 aliphatic heterocycles. The van der Waals surface area contributed by atoms with E-state index < -0.39 is 9.53 Å². The van der Waals surface area contributed by atoms with Gasteiger partial charge in [0.1, 0.15) is 5.82 Å². The fourth-order valence-corrected chi connectivity index (χ4v) is 4.03. The third kappa shape index (κ3) is 8.07. The zero-order valence-corrected chi connectivity index (χ0v) is 20.6. The molecule has 2 aromatic rings. The van der Waals surface area contributed by atoms with E-state index in [2.05, 4.69) is 32.2 Å². The maximum atomic E-state index is 12.4. The van der Waals surface area contributed by atoms with Crippen molar-refractivity contribution in [1.82, 2.24) is 29.9 Å². The zero-order chi connectivity index (χ0) is 23.8. The molecule has 0 radical (unpaired) electrons.